The van der Waals surface area contributed by atoms with Crippen LogP contribution in [0.2, 0.25) is 0 Å². The van der Waals surface area contributed by atoms with E-state index in [9.17, 15) is 0 Å². The first-order valence-electron chi connectivity index (χ1n) is 2.51. The fourth-order valence-electron chi connectivity index (χ4n) is 0. The number of hydrogen-bond acceptors (Lipinski definition) is 4. The Hall–Kier alpha value is -0.883. The van der Waals surface area contributed by atoms with Gasteiger partial charge >= 0.3 is 0 Å². The van der Waals surface area contributed by atoms with Crippen LogP contribution in [0.25, 0.3) is 0 Å². The molecule has 0 spiro atoms. The van der Waals surface area contributed by atoms with Gasteiger partial charge in [-0.3, -0.25) is 0 Å². The van der Waals surface area contributed by atoms with E-state index in [1.54, 1.807) is 7.11 Å². The second-order valence-corrected chi connectivity index (χ2v) is 1.95. The second-order valence-electron chi connectivity index (χ2n) is 1.13. The summed E-state index contributed by atoms with van der Waals surface area (Å²) in [4.78, 5) is 0. The summed E-state index contributed by atoms with van der Waals surface area (Å²) in [6, 6.07) is 2.47. The summed E-state index contributed by atoms with van der Waals surface area (Å²) in [5, 5.41) is 17.3. The van der Waals surface area contributed by atoms with Crippen LogP contribution in [0.5, 0.6) is 0 Å². The molecule has 4 nitrogen and oxygen atoms in total. The molecule has 0 saturated carbocycles. The van der Waals surface area contributed by atoms with Crippen molar-refractivity contribution in [3.8, 4) is 12.1 Å². The Morgan fingerprint density at radius 2 is 1.40 bits per heavy atom. The lowest BCUT2D eigenvalue weighted by atomic mass is 10.9. The van der Waals surface area contributed by atoms with Crippen LogP contribution in [0.1, 0.15) is 0 Å². The van der Waals surface area contributed by atoms with Gasteiger partial charge in [0.1, 0.15) is 10.5 Å². The maximum atomic E-state index is 7.26. The van der Waals surface area contributed by atoms with Gasteiger partial charge < -0.3 is 9.74 Å². The molecule has 0 aromatic rings. The van der Waals surface area contributed by atoms with E-state index >= 15 is 0 Å². The Bertz CT molecular complexity index is 90.4. The van der Waals surface area contributed by atoms with Crippen molar-refractivity contribution in [2.24, 2.45) is 0 Å². The van der Waals surface area contributed by atoms with Crippen LogP contribution in [0.15, 0.2) is 0 Å². The van der Waals surface area contributed by atoms with Crippen molar-refractivity contribution < 1.29 is 4.43 Å². The molecule has 0 radical (unpaired) electrons. The zero-order chi connectivity index (χ0) is 8.83. The SMILES string of the molecule is CNC.CO[SiH3].N#CC#N. The normalized spacial score (nSPS) is 4.90. The standard InChI is InChI=1S/C2N2.C2H7N.CH6OSi/c3-1-2-4;1-3-2;1-2-3/h;3H,1-2H3;1,3H3. The smallest absolute Gasteiger partial charge is 0.181 e. The number of nitriles is 2. The van der Waals surface area contributed by atoms with Crippen LogP contribution in [-0.2, 0) is 4.43 Å². The quantitative estimate of drug-likeness (QED) is 0.450. The van der Waals surface area contributed by atoms with Gasteiger partial charge in [0.2, 0.25) is 0 Å². The zero-order valence-electron chi connectivity index (χ0n) is 6.80. The lowest BCUT2D eigenvalue weighted by Crippen LogP contribution is -1.89. The van der Waals surface area contributed by atoms with Crippen LogP contribution in [0.3, 0.4) is 0 Å². The van der Waals surface area contributed by atoms with E-state index in [2.05, 4.69) is 9.74 Å². The molecule has 0 bridgehead atoms. The van der Waals surface area contributed by atoms with Crippen molar-refractivity contribution >= 4 is 10.5 Å². The summed E-state index contributed by atoms with van der Waals surface area (Å²) in [7, 11) is 6.31. The topological polar surface area (TPSA) is 68.8 Å². The first-order chi connectivity index (χ1) is 4.74. The summed E-state index contributed by atoms with van der Waals surface area (Å²) in [5.41, 5.74) is 0. The molecule has 0 aliphatic rings. The Kier molecular flexibility index (Phi) is 67.9. The third kappa shape index (κ3) is 19500. The molecular weight excluding hydrogens is 146 g/mol. The van der Waals surface area contributed by atoms with Crippen LogP contribution in [0, 0.1) is 22.7 Å². The molecule has 0 rings (SSSR count). The lowest BCUT2D eigenvalue weighted by Gasteiger charge is -1.61. The molecule has 0 aromatic carbocycles. The molecule has 0 saturated heterocycles. The maximum Gasteiger partial charge on any atom is 0.181 e. The summed E-state index contributed by atoms with van der Waals surface area (Å²) in [6.45, 7) is 0. The highest BCUT2D eigenvalue weighted by atomic mass is 28.2. The minimum absolute atomic E-state index is 0.869. The highest BCUT2D eigenvalue weighted by molar-refractivity contribution is 5.97. The molecule has 5 heteroatoms. The molecule has 0 aliphatic carbocycles. The Balaban J connectivity index is -0.0000000750. The molecular formula is C5H13N3OSi. The van der Waals surface area contributed by atoms with Crippen LogP contribution < -0.4 is 5.32 Å². The zero-order valence-corrected chi connectivity index (χ0v) is 8.80. The van der Waals surface area contributed by atoms with Crippen LogP contribution in [-0.4, -0.2) is 31.7 Å². The van der Waals surface area contributed by atoms with Crippen molar-refractivity contribution in [1.29, 1.82) is 10.5 Å². The van der Waals surface area contributed by atoms with E-state index in [0.717, 1.165) is 10.5 Å². The molecule has 0 atom stereocenters. The number of rotatable bonds is 0. The van der Waals surface area contributed by atoms with Gasteiger partial charge in [-0.2, -0.15) is 10.5 Å². The molecule has 10 heavy (non-hydrogen) atoms. The van der Waals surface area contributed by atoms with Gasteiger partial charge in [0, 0.05) is 7.11 Å². The highest BCUT2D eigenvalue weighted by Gasteiger charge is 1.39. The average Bonchev–Trinajstić information content (AvgIpc) is 1.91. The summed E-state index contributed by atoms with van der Waals surface area (Å²) in [5.74, 6) is 0. The van der Waals surface area contributed by atoms with Gasteiger partial charge in [-0.15, -0.1) is 0 Å². The van der Waals surface area contributed by atoms with Crippen LogP contribution >= 0.6 is 0 Å². The van der Waals surface area contributed by atoms with Gasteiger partial charge in [0.05, 0.1) is 0 Å². The number of nitrogens with zero attached hydrogens (tertiary/aromatic N) is 2. The Labute approximate surface area is 65.0 Å². The van der Waals surface area contributed by atoms with Crippen molar-refractivity contribution in [3.05, 3.63) is 0 Å². The number of hydrogen-bond donors (Lipinski definition) is 1. The summed E-state index contributed by atoms with van der Waals surface area (Å²) in [6.07, 6.45) is 0. The van der Waals surface area contributed by atoms with Crippen molar-refractivity contribution in [1.82, 2.24) is 5.32 Å². The monoisotopic (exact) mass is 159 g/mol. The molecule has 1 N–H and O–H groups in total. The van der Waals surface area contributed by atoms with Crippen molar-refractivity contribution in [2.75, 3.05) is 21.2 Å². The molecule has 0 aromatic heterocycles. The van der Waals surface area contributed by atoms with E-state index in [1.165, 1.54) is 12.1 Å². The molecule has 58 valence electrons. The molecule has 0 heterocycles. The van der Waals surface area contributed by atoms with Crippen molar-refractivity contribution in [3.63, 3.8) is 0 Å². The first kappa shape index (κ1) is 16.1. The third-order valence-electron chi connectivity index (χ3n) is 0.0500. The van der Waals surface area contributed by atoms with E-state index in [4.69, 9.17) is 10.5 Å². The van der Waals surface area contributed by atoms with Gasteiger partial charge in [0.25, 0.3) is 0 Å². The highest BCUT2D eigenvalue weighted by Crippen LogP contribution is 1.27. The average molecular weight is 159 g/mol. The first-order valence-corrected chi connectivity index (χ1v) is 3.33. The van der Waals surface area contributed by atoms with Crippen molar-refractivity contribution in [2.45, 2.75) is 0 Å². The minimum Gasteiger partial charge on any atom is -0.431 e. The second kappa shape index (κ2) is 42.3. The molecule has 0 fully saturated rings. The van der Waals surface area contributed by atoms with E-state index < -0.39 is 0 Å². The van der Waals surface area contributed by atoms with E-state index in [1.807, 2.05) is 14.1 Å². The van der Waals surface area contributed by atoms with Gasteiger partial charge in [0.15, 0.2) is 12.1 Å². The van der Waals surface area contributed by atoms with Gasteiger partial charge in [-0.25, -0.2) is 0 Å². The minimum atomic E-state index is 0.869. The van der Waals surface area contributed by atoms with Gasteiger partial charge in [-0.1, -0.05) is 0 Å². The Morgan fingerprint density at radius 1 is 1.30 bits per heavy atom. The molecule has 0 amide bonds. The molecule has 0 aliphatic heterocycles. The predicted molar refractivity (Wildman–Crippen MR) is 43.2 cm³/mol. The fraction of sp³-hybridized carbons (Fsp3) is 0.600. The summed E-state index contributed by atoms with van der Waals surface area (Å²) < 4.78 is 4.39. The largest absolute Gasteiger partial charge is 0.431 e. The van der Waals surface area contributed by atoms with E-state index in [0.29, 0.717) is 0 Å². The fourth-order valence-corrected chi connectivity index (χ4v) is 0. The number of nitrogens with one attached hydrogen (secondary N) is 1. The lowest BCUT2D eigenvalue weighted by molar-refractivity contribution is 0.460. The van der Waals surface area contributed by atoms with E-state index in [-0.39, 0.29) is 0 Å². The summed E-state index contributed by atoms with van der Waals surface area (Å²) >= 11 is 0. The molecule has 0 unspecified atom stereocenters. The van der Waals surface area contributed by atoms with Gasteiger partial charge in [-0.05, 0) is 14.1 Å². The van der Waals surface area contributed by atoms with Crippen LogP contribution in [0.4, 0.5) is 0 Å². The maximum absolute atomic E-state index is 7.26. The predicted octanol–water partition coefficient (Wildman–Crippen LogP) is -1.22. The Morgan fingerprint density at radius 3 is 1.40 bits per heavy atom. The third-order valence-corrected chi connectivity index (χ3v) is 0.0500.